The first kappa shape index (κ1) is 14.1. The molecule has 1 amide bonds. The van der Waals surface area contributed by atoms with Gasteiger partial charge in [0.15, 0.2) is 0 Å². The van der Waals surface area contributed by atoms with Gasteiger partial charge in [-0.1, -0.05) is 6.08 Å². The average Bonchev–Trinajstić information content (AvgIpc) is 2.25. The lowest BCUT2D eigenvalue weighted by Crippen LogP contribution is -2.36. The summed E-state index contributed by atoms with van der Waals surface area (Å²) in [4.78, 5) is 11.5. The van der Waals surface area contributed by atoms with Gasteiger partial charge in [-0.15, -0.1) is 6.58 Å². The molecule has 0 bridgehead atoms. The van der Waals surface area contributed by atoms with Crippen molar-refractivity contribution in [2.75, 3.05) is 6.54 Å². The quantitative estimate of drug-likeness (QED) is 0.765. The zero-order chi connectivity index (χ0) is 12.9. The van der Waals surface area contributed by atoms with E-state index in [0.717, 1.165) is 6.54 Å². The SMILES string of the molecule is C=CC1CCC(CNC(=O)OC(C)(C)C)CC1. The first-order chi connectivity index (χ1) is 7.90. The van der Waals surface area contributed by atoms with E-state index in [1.807, 2.05) is 20.8 Å². The molecular weight excluding hydrogens is 214 g/mol. The second kappa shape index (κ2) is 6.08. The molecule has 0 aliphatic heterocycles. The molecule has 1 saturated carbocycles. The van der Waals surface area contributed by atoms with Crippen LogP contribution < -0.4 is 5.32 Å². The molecule has 0 spiro atoms. The molecule has 0 aromatic rings. The number of hydrogen-bond donors (Lipinski definition) is 1. The predicted molar refractivity (Wildman–Crippen MR) is 69.9 cm³/mol. The molecule has 1 N–H and O–H groups in total. The summed E-state index contributed by atoms with van der Waals surface area (Å²) in [6, 6.07) is 0. The molecule has 0 atom stereocenters. The Morgan fingerprint density at radius 1 is 1.35 bits per heavy atom. The third-order valence-corrected chi connectivity index (χ3v) is 3.16. The lowest BCUT2D eigenvalue weighted by molar-refractivity contribution is 0.0514. The third kappa shape index (κ3) is 5.76. The van der Waals surface area contributed by atoms with Crippen molar-refractivity contribution in [2.24, 2.45) is 11.8 Å². The molecule has 0 unspecified atom stereocenters. The molecule has 1 fully saturated rings. The number of hydrogen-bond acceptors (Lipinski definition) is 2. The Balaban J connectivity index is 2.19. The molecule has 0 aromatic carbocycles. The van der Waals surface area contributed by atoms with Crippen molar-refractivity contribution < 1.29 is 9.53 Å². The number of amides is 1. The molecule has 17 heavy (non-hydrogen) atoms. The van der Waals surface area contributed by atoms with Gasteiger partial charge in [-0.2, -0.15) is 0 Å². The van der Waals surface area contributed by atoms with Gasteiger partial charge in [0.1, 0.15) is 5.60 Å². The highest BCUT2D eigenvalue weighted by molar-refractivity contribution is 5.67. The summed E-state index contributed by atoms with van der Waals surface area (Å²) >= 11 is 0. The zero-order valence-electron chi connectivity index (χ0n) is 11.3. The summed E-state index contributed by atoms with van der Waals surface area (Å²) in [7, 11) is 0. The van der Waals surface area contributed by atoms with Crippen LogP contribution >= 0.6 is 0 Å². The second-order valence-corrected chi connectivity index (χ2v) is 5.90. The summed E-state index contributed by atoms with van der Waals surface area (Å²) in [5, 5.41) is 2.85. The van der Waals surface area contributed by atoms with Crippen LogP contribution in [0.4, 0.5) is 4.79 Å². The van der Waals surface area contributed by atoms with Crippen LogP contribution in [0.25, 0.3) is 0 Å². The first-order valence-corrected chi connectivity index (χ1v) is 6.50. The average molecular weight is 239 g/mol. The Hall–Kier alpha value is -0.990. The summed E-state index contributed by atoms with van der Waals surface area (Å²) in [6.07, 6.45) is 6.49. The van der Waals surface area contributed by atoms with Gasteiger partial charge < -0.3 is 10.1 Å². The molecule has 0 heterocycles. The van der Waals surface area contributed by atoms with Crippen LogP contribution in [0, 0.1) is 11.8 Å². The Morgan fingerprint density at radius 2 is 1.94 bits per heavy atom. The van der Waals surface area contributed by atoms with Crippen molar-refractivity contribution in [1.82, 2.24) is 5.32 Å². The molecule has 0 radical (unpaired) electrons. The Bertz CT molecular complexity index is 260. The molecular formula is C14H25NO2. The first-order valence-electron chi connectivity index (χ1n) is 6.50. The van der Waals surface area contributed by atoms with Crippen LogP contribution in [-0.2, 0) is 4.74 Å². The molecule has 3 heteroatoms. The number of alkyl carbamates (subject to hydrolysis) is 1. The summed E-state index contributed by atoms with van der Waals surface area (Å²) < 4.78 is 5.20. The molecule has 0 aromatic heterocycles. The van der Waals surface area contributed by atoms with Crippen LogP contribution in [0.1, 0.15) is 46.5 Å². The van der Waals surface area contributed by atoms with Crippen LogP contribution in [0.5, 0.6) is 0 Å². The molecule has 1 aliphatic rings. The van der Waals surface area contributed by atoms with Crippen molar-refractivity contribution in [3.05, 3.63) is 12.7 Å². The number of rotatable bonds is 3. The third-order valence-electron chi connectivity index (χ3n) is 3.16. The number of carbonyl (C=O) groups is 1. The van der Waals surface area contributed by atoms with Gasteiger partial charge in [-0.25, -0.2) is 4.79 Å². The maximum absolute atomic E-state index is 11.5. The summed E-state index contributed by atoms with van der Waals surface area (Å²) in [5.74, 6) is 1.27. The maximum Gasteiger partial charge on any atom is 0.407 e. The van der Waals surface area contributed by atoms with E-state index in [-0.39, 0.29) is 6.09 Å². The van der Waals surface area contributed by atoms with Gasteiger partial charge in [-0.05, 0) is 58.3 Å². The number of carbonyl (C=O) groups excluding carboxylic acids is 1. The van der Waals surface area contributed by atoms with Crippen molar-refractivity contribution in [1.29, 1.82) is 0 Å². The fraction of sp³-hybridized carbons (Fsp3) is 0.786. The molecule has 1 aliphatic carbocycles. The van der Waals surface area contributed by atoms with E-state index in [1.165, 1.54) is 25.7 Å². The van der Waals surface area contributed by atoms with Gasteiger partial charge in [0.05, 0.1) is 0 Å². The fourth-order valence-corrected chi connectivity index (χ4v) is 2.17. The lowest BCUT2D eigenvalue weighted by atomic mass is 9.82. The second-order valence-electron chi connectivity index (χ2n) is 5.90. The largest absolute Gasteiger partial charge is 0.444 e. The Morgan fingerprint density at radius 3 is 2.41 bits per heavy atom. The number of nitrogens with one attached hydrogen (secondary N) is 1. The smallest absolute Gasteiger partial charge is 0.407 e. The highest BCUT2D eigenvalue weighted by Gasteiger charge is 2.21. The minimum Gasteiger partial charge on any atom is -0.444 e. The van der Waals surface area contributed by atoms with Crippen LogP contribution in [0.3, 0.4) is 0 Å². The van der Waals surface area contributed by atoms with E-state index < -0.39 is 5.60 Å². The van der Waals surface area contributed by atoms with Gasteiger partial charge in [0.25, 0.3) is 0 Å². The van der Waals surface area contributed by atoms with Gasteiger partial charge in [0, 0.05) is 6.54 Å². The Labute approximate surface area is 105 Å². The lowest BCUT2D eigenvalue weighted by Gasteiger charge is -2.27. The zero-order valence-corrected chi connectivity index (χ0v) is 11.3. The monoisotopic (exact) mass is 239 g/mol. The van der Waals surface area contributed by atoms with Crippen molar-refractivity contribution in [3.8, 4) is 0 Å². The van der Waals surface area contributed by atoms with Crippen molar-refractivity contribution in [3.63, 3.8) is 0 Å². The summed E-state index contributed by atoms with van der Waals surface area (Å²) in [6.45, 7) is 10.2. The number of ether oxygens (including phenoxy) is 1. The van der Waals surface area contributed by atoms with Crippen LogP contribution in [-0.4, -0.2) is 18.2 Å². The van der Waals surface area contributed by atoms with E-state index >= 15 is 0 Å². The van der Waals surface area contributed by atoms with Crippen molar-refractivity contribution in [2.45, 2.75) is 52.1 Å². The van der Waals surface area contributed by atoms with E-state index in [2.05, 4.69) is 18.0 Å². The topological polar surface area (TPSA) is 38.3 Å². The van der Waals surface area contributed by atoms with Gasteiger partial charge >= 0.3 is 6.09 Å². The normalized spacial score (nSPS) is 25.1. The molecule has 3 nitrogen and oxygen atoms in total. The van der Waals surface area contributed by atoms with E-state index in [0.29, 0.717) is 11.8 Å². The minimum atomic E-state index is -0.412. The predicted octanol–water partition coefficient (Wildman–Crippen LogP) is 3.50. The van der Waals surface area contributed by atoms with E-state index in [4.69, 9.17) is 4.74 Å². The molecule has 1 rings (SSSR count). The maximum atomic E-state index is 11.5. The van der Waals surface area contributed by atoms with Crippen LogP contribution in [0.2, 0.25) is 0 Å². The number of allylic oxidation sites excluding steroid dienone is 1. The molecule has 0 saturated heterocycles. The highest BCUT2D eigenvalue weighted by atomic mass is 16.6. The van der Waals surface area contributed by atoms with E-state index in [1.54, 1.807) is 0 Å². The van der Waals surface area contributed by atoms with Crippen molar-refractivity contribution >= 4 is 6.09 Å². The Kier molecular flexibility index (Phi) is 5.03. The summed E-state index contributed by atoms with van der Waals surface area (Å²) in [5.41, 5.74) is -0.412. The highest BCUT2D eigenvalue weighted by Crippen LogP contribution is 2.28. The van der Waals surface area contributed by atoms with Crippen LogP contribution in [0.15, 0.2) is 12.7 Å². The van der Waals surface area contributed by atoms with E-state index in [9.17, 15) is 4.79 Å². The fourth-order valence-electron chi connectivity index (χ4n) is 2.17. The standard InChI is InChI=1S/C14H25NO2/c1-5-11-6-8-12(9-7-11)10-15-13(16)17-14(2,3)4/h5,11-12H,1,6-10H2,2-4H3,(H,15,16). The van der Waals surface area contributed by atoms with Gasteiger partial charge in [0.2, 0.25) is 0 Å². The minimum absolute atomic E-state index is 0.302. The van der Waals surface area contributed by atoms with Gasteiger partial charge in [-0.3, -0.25) is 0 Å². The molecule has 98 valence electrons.